The minimum atomic E-state index is -5.03. The van der Waals surface area contributed by atoms with Gasteiger partial charge in [-0.15, -0.1) is 5.10 Å². The smallest absolute Gasteiger partial charge is 0.264 e. The Kier molecular flexibility index (Phi) is 6.18. The van der Waals surface area contributed by atoms with E-state index in [2.05, 4.69) is 14.7 Å². The molecule has 0 spiro atoms. The molecule has 0 aliphatic carbocycles. The molecule has 0 fully saturated rings. The minimum absolute atomic E-state index is 0.131. The standard InChI is InChI=1S/C19H15Cl2F3N4O2S/c1-10-4-5-11(2)15(8-10)31(3,30)26-18(29)16-17(19(22,23)24)28(27-25-16)14-7-6-12(20)9-13(14)21/h4-9H,1-3H3. The van der Waals surface area contributed by atoms with Crippen molar-refractivity contribution >= 4 is 38.8 Å². The van der Waals surface area contributed by atoms with Gasteiger partial charge in [0.1, 0.15) is 0 Å². The molecule has 0 N–H and O–H groups in total. The topological polar surface area (TPSA) is 77.2 Å². The van der Waals surface area contributed by atoms with E-state index in [-0.39, 0.29) is 20.6 Å². The lowest BCUT2D eigenvalue weighted by molar-refractivity contribution is -0.143. The summed E-state index contributed by atoms with van der Waals surface area (Å²) >= 11 is 11.8. The lowest BCUT2D eigenvalue weighted by atomic mass is 10.2. The average molecular weight is 491 g/mol. The van der Waals surface area contributed by atoms with Crippen LogP contribution in [0.4, 0.5) is 13.2 Å². The van der Waals surface area contributed by atoms with Gasteiger partial charge in [-0.1, -0.05) is 40.5 Å². The highest BCUT2D eigenvalue weighted by molar-refractivity contribution is 7.93. The van der Waals surface area contributed by atoms with Gasteiger partial charge in [-0.25, -0.2) is 8.89 Å². The van der Waals surface area contributed by atoms with Crippen molar-refractivity contribution in [1.82, 2.24) is 15.0 Å². The van der Waals surface area contributed by atoms with Crippen molar-refractivity contribution in [3.8, 4) is 5.69 Å². The van der Waals surface area contributed by atoms with Crippen molar-refractivity contribution in [1.29, 1.82) is 0 Å². The van der Waals surface area contributed by atoms with Gasteiger partial charge in [-0.2, -0.15) is 17.5 Å². The van der Waals surface area contributed by atoms with E-state index >= 15 is 0 Å². The number of benzene rings is 2. The van der Waals surface area contributed by atoms with E-state index in [0.29, 0.717) is 10.2 Å². The molecule has 0 saturated heterocycles. The number of carbonyl (C=O) groups excluding carboxylic acids is 1. The van der Waals surface area contributed by atoms with Gasteiger partial charge in [0.2, 0.25) is 0 Å². The molecular weight excluding hydrogens is 476 g/mol. The number of carbonyl (C=O) groups is 1. The van der Waals surface area contributed by atoms with E-state index in [4.69, 9.17) is 23.2 Å². The molecule has 0 aliphatic heterocycles. The third-order valence-electron chi connectivity index (χ3n) is 4.29. The second-order valence-corrected chi connectivity index (χ2v) is 9.83. The molecule has 1 heterocycles. The number of alkyl halides is 3. The molecule has 164 valence electrons. The Morgan fingerprint density at radius 3 is 2.42 bits per heavy atom. The first-order valence-corrected chi connectivity index (χ1v) is 11.3. The molecule has 0 bridgehead atoms. The van der Waals surface area contributed by atoms with Crippen molar-refractivity contribution in [2.75, 3.05) is 6.26 Å². The van der Waals surface area contributed by atoms with Crippen LogP contribution in [0.5, 0.6) is 0 Å². The molecule has 3 rings (SSSR count). The van der Waals surface area contributed by atoms with Crippen molar-refractivity contribution < 1.29 is 22.2 Å². The van der Waals surface area contributed by atoms with Crippen LogP contribution in [-0.4, -0.2) is 31.4 Å². The lowest BCUT2D eigenvalue weighted by Crippen LogP contribution is -2.18. The zero-order chi connectivity index (χ0) is 23.1. The minimum Gasteiger partial charge on any atom is -0.264 e. The fourth-order valence-corrected chi connectivity index (χ4v) is 4.93. The summed E-state index contributed by atoms with van der Waals surface area (Å²) in [4.78, 5) is 12.9. The van der Waals surface area contributed by atoms with Crippen LogP contribution in [0.25, 0.3) is 5.69 Å². The van der Waals surface area contributed by atoms with E-state index in [1.54, 1.807) is 32.0 Å². The fraction of sp³-hybridized carbons (Fsp3) is 0.211. The van der Waals surface area contributed by atoms with Crippen LogP contribution in [0.2, 0.25) is 10.0 Å². The van der Waals surface area contributed by atoms with Crippen molar-refractivity contribution in [2.45, 2.75) is 24.9 Å². The molecule has 1 atom stereocenters. The summed E-state index contributed by atoms with van der Waals surface area (Å²) in [5, 5.41) is 6.89. The summed E-state index contributed by atoms with van der Waals surface area (Å²) < 4.78 is 58.6. The SMILES string of the molecule is Cc1ccc(C)c(S(C)(=O)=NC(=O)c2nnn(-c3ccc(Cl)cc3Cl)c2C(F)(F)F)c1. The Bertz CT molecular complexity index is 1310. The molecule has 3 aromatic rings. The maximum absolute atomic E-state index is 13.8. The summed E-state index contributed by atoms with van der Waals surface area (Å²) in [6.07, 6.45) is -3.85. The molecule has 12 heteroatoms. The monoisotopic (exact) mass is 490 g/mol. The van der Waals surface area contributed by atoms with Gasteiger partial charge in [0.05, 0.1) is 25.3 Å². The Hall–Kier alpha value is -2.43. The van der Waals surface area contributed by atoms with Crippen molar-refractivity contribution in [3.05, 3.63) is 69.0 Å². The molecule has 1 amide bonds. The summed E-state index contributed by atoms with van der Waals surface area (Å²) in [6.45, 7) is 3.42. The van der Waals surface area contributed by atoms with Crippen LogP contribution in [-0.2, 0) is 15.9 Å². The van der Waals surface area contributed by atoms with Crippen LogP contribution >= 0.6 is 23.2 Å². The molecule has 2 aromatic carbocycles. The molecule has 0 aliphatic rings. The number of rotatable bonds is 3. The zero-order valence-corrected chi connectivity index (χ0v) is 18.7. The molecule has 0 radical (unpaired) electrons. The van der Waals surface area contributed by atoms with E-state index in [9.17, 15) is 22.2 Å². The number of halogens is 5. The van der Waals surface area contributed by atoms with Crippen LogP contribution < -0.4 is 0 Å². The van der Waals surface area contributed by atoms with Gasteiger partial charge < -0.3 is 0 Å². The third-order valence-corrected chi connectivity index (χ3v) is 6.60. The van der Waals surface area contributed by atoms with Crippen LogP contribution in [0.15, 0.2) is 45.7 Å². The van der Waals surface area contributed by atoms with Gasteiger partial charge in [-0.3, -0.25) is 4.79 Å². The molecular formula is C19H15Cl2F3N4O2S. The maximum Gasteiger partial charge on any atom is 0.435 e. The first-order valence-electron chi connectivity index (χ1n) is 8.63. The fourth-order valence-electron chi connectivity index (χ4n) is 2.87. The second kappa shape index (κ2) is 8.25. The van der Waals surface area contributed by atoms with Crippen LogP contribution in [0, 0.1) is 13.8 Å². The van der Waals surface area contributed by atoms with Gasteiger partial charge in [0.25, 0.3) is 0 Å². The highest BCUT2D eigenvalue weighted by atomic mass is 35.5. The number of amides is 1. The number of nitrogens with zero attached hydrogens (tertiary/aromatic N) is 4. The molecule has 31 heavy (non-hydrogen) atoms. The zero-order valence-electron chi connectivity index (χ0n) is 16.4. The predicted octanol–water partition coefficient (Wildman–Crippen LogP) is 5.51. The average Bonchev–Trinajstić information content (AvgIpc) is 3.08. The van der Waals surface area contributed by atoms with E-state index in [0.717, 1.165) is 5.56 Å². The number of aryl methyl sites for hydroxylation is 2. The normalized spacial score (nSPS) is 13.7. The summed E-state index contributed by atoms with van der Waals surface area (Å²) in [5.41, 5.74) is -1.41. The Morgan fingerprint density at radius 1 is 1.13 bits per heavy atom. The largest absolute Gasteiger partial charge is 0.435 e. The quantitative estimate of drug-likeness (QED) is 0.485. The van der Waals surface area contributed by atoms with Gasteiger partial charge in [-0.05, 0) is 49.2 Å². The summed E-state index contributed by atoms with van der Waals surface area (Å²) in [5.74, 6) is -1.41. The van der Waals surface area contributed by atoms with Gasteiger partial charge in [0, 0.05) is 11.3 Å². The summed E-state index contributed by atoms with van der Waals surface area (Å²) in [7, 11) is -3.35. The first-order chi connectivity index (χ1) is 14.3. The van der Waals surface area contributed by atoms with Gasteiger partial charge >= 0.3 is 12.1 Å². The third kappa shape index (κ3) is 4.76. The number of hydrogen-bond acceptors (Lipinski definition) is 4. The van der Waals surface area contributed by atoms with E-state index in [1.807, 2.05) is 0 Å². The Morgan fingerprint density at radius 2 is 1.81 bits per heavy atom. The van der Waals surface area contributed by atoms with Crippen LogP contribution in [0.3, 0.4) is 0 Å². The lowest BCUT2D eigenvalue weighted by Gasteiger charge is -2.12. The highest BCUT2D eigenvalue weighted by Gasteiger charge is 2.42. The second-order valence-electron chi connectivity index (χ2n) is 6.76. The highest BCUT2D eigenvalue weighted by Crippen LogP contribution is 2.35. The molecule has 1 unspecified atom stereocenters. The molecule has 0 saturated carbocycles. The predicted molar refractivity (Wildman–Crippen MR) is 111 cm³/mol. The van der Waals surface area contributed by atoms with E-state index < -0.39 is 33.2 Å². The first kappa shape index (κ1) is 23.2. The number of aromatic nitrogens is 3. The molecule has 1 aromatic heterocycles. The van der Waals surface area contributed by atoms with Crippen molar-refractivity contribution in [2.24, 2.45) is 4.36 Å². The summed E-state index contributed by atoms with van der Waals surface area (Å²) in [6, 6.07) is 8.79. The van der Waals surface area contributed by atoms with Gasteiger partial charge in [0.15, 0.2) is 11.4 Å². The Labute approximate surface area is 186 Å². The maximum atomic E-state index is 13.8. The van der Waals surface area contributed by atoms with E-state index in [1.165, 1.54) is 24.5 Å². The number of hydrogen-bond donors (Lipinski definition) is 0. The van der Waals surface area contributed by atoms with Crippen LogP contribution in [0.1, 0.15) is 27.3 Å². The Balaban J connectivity index is 2.18. The molecule has 6 nitrogen and oxygen atoms in total. The van der Waals surface area contributed by atoms with Crippen molar-refractivity contribution in [3.63, 3.8) is 0 Å².